The van der Waals surface area contributed by atoms with Gasteiger partial charge in [0.15, 0.2) is 0 Å². The van der Waals surface area contributed by atoms with Gasteiger partial charge in [0, 0.05) is 5.88 Å². The van der Waals surface area contributed by atoms with Crippen molar-refractivity contribution < 1.29 is 9.13 Å². The zero-order valence-electron chi connectivity index (χ0n) is 15.3. The number of hydrogen-bond acceptors (Lipinski definition) is 1. The van der Waals surface area contributed by atoms with Crippen LogP contribution in [0.1, 0.15) is 89.9 Å². The number of halogens is 2. The third kappa shape index (κ3) is 4.67. The van der Waals surface area contributed by atoms with Crippen LogP contribution in [0.4, 0.5) is 4.39 Å². The molecular weight excluding hydrogens is 323 g/mol. The highest BCUT2D eigenvalue weighted by Crippen LogP contribution is 2.58. The summed E-state index contributed by atoms with van der Waals surface area (Å²) in [6.07, 6.45) is 18.0. The van der Waals surface area contributed by atoms with E-state index >= 15 is 0 Å². The van der Waals surface area contributed by atoms with E-state index in [-0.39, 0.29) is 6.67 Å². The molecular formula is C21H36ClFO. The summed E-state index contributed by atoms with van der Waals surface area (Å²) in [4.78, 5) is 0. The van der Waals surface area contributed by atoms with Gasteiger partial charge in [0.25, 0.3) is 0 Å². The smallest absolute Gasteiger partial charge is 0.0894 e. The molecule has 0 aromatic heterocycles. The summed E-state index contributed by atoms with van der Waals surface area (Å²) in [5, 5.41) is 0. The average molecular weight is 359 g/mol. The zero-order chi connectivity index (χ0) is 16.9. The second kappa shape index (κ2) is 8.71. The maximum atomic E-state index is 12.5. The van der Waals surface area contributed by atoms with E-state index in [1.165, 1.54) is 77.0 Å². The lowest BCUT2D eigenvalue weighted by atomic mass is 9.53. The van der Waals surface area contributed by atoms with Crippen molar-refractivity contribution >= 4 is 11.6 Å². The number of rotatable bonds is 9. The summed E-state index contributed by atoms with van der Waals surface area (Å²) in [6.45, 7) is 0.854. The highest BCUT2D eigenvalue weighted by atomic mass is 35.5. The van der Waals surface area contributed by atoms with Gasteiger partial charge in [-0.3, -0.25) is 4.39 Å². The lowest BCUT2D eigenvalue weighted by Gasteiger charge is -2.54. The fourth-order valence-electron chi connectivity index (χ4n) is 5.62. The van der Waals surface area contributed by atoms with Gasteiger partial charge in [0.05, 0.1) is 19.4 Å². The van der Waals surface area contributed by atoms with E-state index in [4.69, 9.17) is 16.3 Å². The molecule has 0 amide bonds. The van der Waals surface area contributed by atoms with Gasteiger partial charge in [-0.1, -0.05) is 0 Å². The van der Waals surface area contributed by atoms with Crippen molar-refractivity contribution in [1.29, 1.82) is 0 Å². The Bertz CT molecular complexity index is 354. The Morgan fingerprint density at radius 2 is 1.50 bits per heavy atom. The van der Waals surface area contributed by atoms with Crippen molar-refractivity contribution in [2.45, 2.75) is 96.0 Å². The maximum Gasteiger partial charge on any atom is 0.0894 e. The molecule has 0 heterocycles. The fourth-order valence-corrected chi connectivity index (χ4v) is 5.78. The molecule has 0 spiro atoms. The summed E-state index contributed by atoms with van der Waals surface area (Å²) >= 11 is 5.81. The summed E-state index contributed by atoms with van der Waals surface area (Å²) in [5.74, 6) is 1.70. The van der Waals surface area contributed by atoms with E-state index in [2.05, 4.69) is 0 Å². The molecule has 4 aliphatic carbocycles. The van der Waals surface area contributed by atoms with Gasteiger partial charge in [0.1, 0.15) is 0 Å². The third-order valence-corrected chi connectivity index (χ3v) is 7.83. The first-order valence-electron chi connectivity index (χ1n) is 10.4. The van der Waals surface area contributed by atoms with Gasteiger partial charge in [-0.05, 0) is 107 Å². The summed E-state index contributed by atoms with van der Waals surface area (Å²) in [7, 11) is 0. The Balaban J connectivity index is 1.38. The molecule has 140 valence electrons. The third-order valence-electron chi connectivity index (χ3n) is 7.56. The minimum atomic E-state index is -0.135. The minimum absolute atomic E-state index is 0.135. The molecule has 0 unspecified atom stereocenters. The minimum Gasteiger partial charge on any atom is -0.378 e. The Morgan fingerprint density at radius 3 is 2.08 bits per heavy atom. The molecule has 2 bridgehead atoms. The molecule has 4 rings (SSSR count). The summed E-state index contributed by atoms with van der Waals surface area (Å²) in [6, 6.07) is 0. The monoisotopic (exact) mass is 358 g/mol. The molecule has 4 fully saturated rings. The van der Waals surface area contributed by atoms with Crippen molar-refractivity contribution in [2.24, 2.45) is 16.7 Å². The van der Waals surface area contributed by atoms with Crippen molar-refractivity contribution in [3.05, 3.63) is 0 Å². The van der Waals surface area contributed by atoms with Crippen molar-refractivity contribution in [3.8, 4) is 0 Å². The molecule has 4 saturated carbocycles. The molecule has 24 heavy (non-hydrogen) atoms. The summed E-state index contributed by atoms with van der Waals surface area (Å²) in [5.41, 5.74) is 0.960. The van der Waals surface area contributed by atoms with Gasteiger partial charge in [-0.2, -0.15) is 0 Å². The first-order valence-corrected chi connectivity index (χ1v) is 11.0. The average Bonchev–Trinajstić information content (AvgIpc) is 2.66. The van der Waals surface area contributed by atoms with Crippen molar-refractivity contribution in [3.63, 3.8) is 0 Å². The van der Waals surface area contributed by atoms with Gasteiger partial charge in [-0.25, -0.2) is 0 Å². The maximum absolute atomic E-state index is 12.5. The van der Waals surface area contributed by atoms with Crippen molar-refractivity contribution in [1.82, 2.24) is 0 Å². The number of fused-ring (bicyclic) bond motifs is 3. The van der Waals surface area contributed by atoms with E-state index in [1.807, 2.05) is 0 Å². The van der Waals surface area contributed by atoms with E-state index in [0.29, 0.717) is 16.9 Å². The Morgan fingerprint density at radius 1 is 0.875 bits per heavy atom. The SMILES string of the molecule is FCCCC12CCC(CO[C@H]3CC[C@H](CCCCl)CC3)(CC1)CC2. The standard InChI is InChI=1S/C21H36ClFO/c22-15-1-3-18-4-6-19(7-5-18)24-17-21-12-9-20(10-13-21,11-14-21)8-2-16-23/h18-19H,1-17H2/t18-,19-,20?,21?. The Labute approximate surface area is 153 Å². The van der Waals surface area contributed by atoms with Crippen LogP contribution in [-0.4, -0.2) is 25.3 Å². The van der Waals surface area contributed by atoms with E-state index in [0.717, 1.165) is 31.2 Å². The van der Waals surface area contributed by atoms with Crippen LogP contribution in [-0.2, 0) is 4.74 Å². The molecule has 0 radical (unpaired) electrons. The second-order valence-corrected chi connectivity index (χ2v) is 9.46. The Hall–Kier alpha value is 0.180. The molecule has 3 heteroatoms. The van der Waals surface area contributed by atoms with Crippen LogP contribution in [0.5, 0.6) is 0 Å². The van der Waals surface area contributed by atoms with Gasteiger partial charge >= 0.3 is 0 Å². The molecule has 1 nitrogen and oxygen atoms in total. The first kappa shape index (κ1) is 19.0. The number of hydrogen-bond donors (Lipinski definition) is 0. The number of alkyl halides is 2. The van der Waals surface area contributed by atoms with Crippen LogP contribution in [0, 0.1) is 16.7 Å². The fraction of sp³-hybridized carbons (Fsp3) is 1.00. The zero-order valence-corrected chi connectivity index (χ0v) is 16.1. The molecule has 4 aliphatic rings. The highest BCUT2D eigenvalue weighted by molar-refractivity contribution is 6.17. The van der Waals surface area contributed by atoms with Crippen LogP contribution in [0.25, 0.3) is 0 Å². The normalized spacial score (nSPS) is 39.2. The summed E-state index contributed by atoms with van der Waals surface area (Å²) < 4.78 is 19.0. The van der Waals surface area contributed by atoms with Gasteiger partial charge in [0.2, 0.25) is 0 Å². The second-order valence-electron chi connectivity index (χ2n) is 9.08. The van der Waals surface area contributed by atoms with E-state index in [9.17, 15) is 4.39 Å². The molecule has 0 saturated heterocycles. The first-order chi connectivity index (χ1) is 11.7. The Kier molecular flexibility index (Phi) is 6.88. The lowest BCUT2D eigenvalue weighted by Crippen LogP contribution is -2.44. The van der Waals surface area contributed by atoms with Crippen LogP contribution < -0.4 is 0 Å². The molecule has 0 atom stereocenters. The predicted molar refractivity (Wildman–Crippen MR) is 99.4 cm³/mol. The van der Waals surface area contributed by atoms with E-state index in [1.54, 1.807) is 0 Å². The molecule has 0 aromatic carbocycles. The molecule has 0 aromatic rings. The molecule has 0 aliphatic heterocycles. The quantitative estimate of drug-likeness (QED) is 0.418. The van der Waals surface area contributed by atoms with Crippen LogP contribution in [0.15, 0.2) is 0 Å². The largest absolute Gasteiger partial charge is 0.378 e. The predicted octanol–water partition coefficient (Wildman–Crippen LogP) is 6.67. The van der Waals surface area contributed by atoms with Crippen LogP contribution in [0.2, 0.25) is 0 Å². The van der Waals surface area contributed by atoms with Crippen LogP contribution >= 0.6 is 11.6 Å². The number of ether oxygens (including phenoxy) is 1. The molecule has 0 N–H and O–H groups in total. The van der Waals surface area contributed by atoms with E-state index < -0.39 is 0 Å². The van der Waals surface area contributed by atoms with Crippen LogP contribution in [0.3, 0.4) is 0 Å². The highest BCUT2D eigenvalue weighted by Gasteiger charge is 2.48. The lowest BCUT2D eigenvalue weighted by molar-refractivity contribution is -0.0951. The van der Waals surface area contributed by atoms with Gasteiger partial charge < -0.3 is 4.74 Å². The van der Waals surface area contributed by atoms with Gasteiger partial charge in [-0.15, -0.1) is 11.6 Å². The topological polar surface area (TPSA) is 9.23 Å². The van der Waals surface area contributed by atoms with Crippen molar-refractivity contribution in [2.75, 3.05) is 19.2 Å².